The van der Waals surface area contributed by atoms with Crippen LogP contribution in [0.5, 0.6) is 0 Å². The van der Waals surface area contributed by atoms with Gasteiger partial charge in [-0.05, 0) is 18.4 Å². The Morgan fingerprint density at radius 3 is 2.65 bits per heavy atom. The molecule has 4 N–H and O–H groups in total. The van der Waals surface area contributed by atoms with Gasteiger partial charge in [0.2, 0.25) is 0 Å². The highest BCUT2D eigenvalue weighted by atomic mass is 16.3. The number of aromatic nitrogens is 2. The molecule has 1 aromatic heterocycles. The third-order valence-electron chi connectivity index (χ3n) is 3.44. The SMILES string of the molecule is NC1(c2cn[nH]c2-c2ccccc2)CC(O)C1. The molecule has 1 heterocycles. The maximum absolute atomic E-state index is 9.43. The zero-order chi connectivity index (χ0) is 11.9. The van der Waals surface area contributed by atoms with Crippen LogP contribution in [0, 0.1) is 0 Å². The van der Waals surface area contributed by atoms with Crippen LogP contribution >= 0.6 is 0 Å². The van der Waals surface area contributed by atoms with Gasteiger partial charge in [0.05, 0.1) is 18.0 Å². The molecule has 88 valence electrons. The summed E-state index contributed by atoms with van der Waals surface area (Å²) in [6, 6.07) is 9.99. The molecule has 0 amide bonds. The predicted octanol–water partition coefficient (Wildman–Crippen LogP) is 1.39. The van der Waals surface area contributed by atoms with E-state index in [0.29, 0.717) is 12.8 Å². The van der Waals surface area contributed by atoms with Crippen LogP contribution in [-0.4, -0.2) is 21.4 Å². The Bertz CT molecular complexity index is 514. The normalized spacial score (nSPS) is 27.8. The van der Waals surface area contributed by atoms with E-state index in [4.69, 9.17) is 5.73 Å². The summed E-state index contributed by atoms with van der Waals surface area (Å²) in [6.07, 6.45) is 2.70. The van der Waals surface area contributed by atoms with Crippen molar-refractivity contribution in [2.45, 2.75) is 24.5 Å². The lowest BCUT2D eigenvalue weighted by molar-refractivity contribution is 0.0212. The van der Waals surface area contributed by atoms with E-state index in [-0.39, 0.29) is 6.10 Å². The fourth-order valence-corrected chi connectivity index (χ4v) is 2.49. The lowest BCUT2D eigenvalue weighted by Crippen LogP contribution is -2.51. The second kappa shape index (κ2) is 3.68. The van der Waals surface area contributed by atoms with Crippen LogP contribution < -0.4 is 5.73 Å². The molecule has 0 radical (unpaired) electrons. The number of nitrogens with zero attached hydrogens (tertiary/aromatic N) is 1. The molecule has 17 heavy (non-hydrogen) atoms. The van der Waals surface area contributed by atoms with E-state index in [1.165, 1.54) is 0 Å². The van der Waals surface area contributed by atoms with Crippen molar-refractivity contribution in [1.82, 2.24) is 10.2 Å². The summed E-state index contributed by atoms with van der Waals surface area (Å²) in [5.41, 5.74) is 8.87. The lowest BCUT2D eigenvalue weighted by atomic mass is 9.70. The van der Waals surface area contributed by atoms with Crippen molar-refractivity contribution >= 4 is 0 Å². The van der Waals surface area contributed by atoms with E-state index >= 15 is 0 Å². The fourth-order valence-electron chi connectivity index (χ4n) is 2.49. The van der Waals surface area contributed by atoms with E-state index in [0.717, 1.165) is 16.8 Å². The molecule has 4 nitrogen and oxygen atoms in total. The first-order valence-electron chi connectivity index (χ1n) is 5.75. The van der Waals surface area contributed by atoms with Crippen molar-refractivity contribution in [3.05, 3.63) is 42.1 Å². The molecule has 0 aliphatic heterocycles. The van der Waals surface area contributed by atoms with E-state index < -0.39 is 5.54 Å². The number of H-pyrrole nitrogens is 1. The molecule has 1 aliphatic rings. The molecule has 0 saturated heterocycles. The van der Waals surface area contributed by atoms with E-state index in [9.17, 15) is 5.11 Å². The van der Waals surface area contributed by atoms with E-state index in [1.54, 1.807) is 6.20 Å². The first-order valence-corrected chi connectivity index (χ1v) is 5.75. The molecular weight excluding hydrogens is 214 g/mol. The smallest absolute Gasteiger partial charge is 0.0700 e. The van der Waals surface area contributed by atoms with Crippen molar-refractivity contribution in [1.29, 1.82) is 0 Å². The third kappa shape index (κ3) is 1.66. The van der Waals surface area contributed by atoms with Gasteiger partial charge in [-0.2, -0.15) is 5.10 Å². The Hall–Kier alpha value is -1.65. The number of hydrogen-bond donors (Lipinski definition) is 3. The summed E-state index contributed by atoms with van der Waals surface area (Å²) in [7, 11) is 0. The molecule has 3 rings (SSSR count). The van der Waals surface area contributed by atoms with Crippen molar-refractivity contribution in [2.75, 3.05) is 0 Å². The summed E-state index contributed by atoms with van der Waals surface area (Å²) in [5, 5.41) is 16.5. The first-order chi connectivity index (χ1) is 8.19. The second-order valence-corrected chi connectivity index (χ2v) is 4.74. The number of aromatic amines is 1. The molecule has 2 aromatic rings. The highest BCUT2D eigenvalue weighted by Gasteiger charge is 2.43. The van der Waals surface area contributed by atoms with Gasteiger partial charge in [-0.15, -0.1) is 0 Å². The first kappa shape index (κ1) is 10.5. The van der Waals surface area contributed by atoms with E-state index in [1.807, 2.05) is 30.3 Å². The molecule has 1 aromatic carbocycles. The Morgan fingerprint density at radius 1 is 1.29 bits per heavy atom. The van der Waals surface area contributed by atoms with E-state index in [2.05, 4.69) is 10.2 Å². The molecular formula is C13H15N3O. The average molecular weight is 229 g/mol. The number of aliphatic hydroxyl groups is 1. The van der Waals surface area contributed by atoms with Gasteiger partial charge in [0.1, 0.15) is 0 Å². The minimum absolute atomic E-state index is 0.279. The fraction of sp³-hybridized carbons (Fsp3) is 0.308. The zero-order valence-corrected chi connectivity index (χ0v) is 9.43. The van der Waals surface area contributed by atoms with Crippen LogP contribution in [0.25, 0.3) is 11.3 Å². The molecule has 0 spiro atoms. The Balaban J connectivity index is 2.01. The monoisotopic (exact) mass is 229 g/mol. The molecule has 0 atom stereocenters. The van der Waals surface area contributed by atoms with Crippen molar-refractivity contribution in [3.8, 4) is 11.3 Å². The van der Waals surface area contributed by atoms with Gasteiger partial charge in [-0.3, -0.25) is 5.10 Å². The number of rotatable bonds is 2. The molecule has 1 fully saturated rings. The van der Waals surface area contributed by atoms with Crippen LogP contribution in [-0.2, 0) is 5.54 Å². The Morgan fingerprint density at radius 2 is 2.00 bits per heavy atom. The molecule has 4 heteroatoms. The largest absolute Gasteiger partial charge is 0.393 e. The summed E-state index contributed by atoms with van der Waals surface area (Å²) in [4.78, 5) is 0. The third-order valence-corrected chi connectivity index (χ3v) is 3.44. The number of aliphatic hydroxyl groups excluding tert-OH is 1. The summed E-state index contributed by atoms with van der Waals surface area (Å²) in [5.74, 6) is 0. The molecule has 0 unspecified atom stereocenters. The number of benzene rings is 1. The quantitative estimate of drug-likeness (QED) is 0.728. The number of nitrogens with one attached hydrogen (secondary N) is 1. The number of hydrogen-bond acceptors (Lipinski definition) is 3. The standard InChI is InChI=1S/C13H15N3O/c14-13(6-10(17)7-13)11-8-15-16-12(11)9-4-2-1-3-5-9/h1-5,8,10,17H,6-7,14H2,(H,15,16). The predicted molar refractivity (Wildman–Crippen MR) is 65.1 cm³/mol. The highest BCUT2D eigenvalue weighted by molar-refractivity contribution is 5.64. The van der Waals surface area contributed by atoms with Crippen LogP contribution in [0.4, 0.5) is 0 Å². The Kier molecular flexibility index (Phi) is 2.28. The van der Waals surface area contributed by atoms with Crippen molar-refractivity contribution in [2.24, 2.45) is 5.73 Å². The van der Waals surface area contributed by atoms with Gasteiger partial charge >= 0.3 is 0 Å². The van der Waals surface area contributed by atoms with Crippen LogP contribution in [0.3, 0.4) is 0 Å². The maximum atomic E-state index is 9.43. The van der Waals surface area contributed by atoms with Gasteiger partial charge in [0.15, 0.2) is 0 Å². The van der Waals surface area contributed by atoms with Gasteiger partial charge in [-0.25, -0.2) is 0 Å². The zero-order valence-electron chi connectivity index (χ0n) is 9.43. The highest BCUT2D eigenvalue weighted by Crippen LogP contribution is 2.42. The van der Waals surface area contributed by atoms with Crippen LogP contribution in [0.2, 0.25) is 0 Å². The average Bonchev–Trinajstić information content (AvgIpc) is 2.77. The van der Waals surface area contributed by atoms with Gasteiger partial charge in [0, 0.05) is 11.1 Å². The topological polar surface area (TPSA) is 74.9 Å². The van der Waals surface area contributed by atoms with Gasteiger partial charge < -0.3 is 10.8 Å². The van der Waals surface area contributed by atoms with Gasteiger partial charge in [-0.1, -0.05) is 30.3 Å². The molecule has 1 aliphatic carbocycles. The summed E-state index contributed by atoms with van der Waals surface area (Å²) in [6.45, 7) is 0. The van der Waals surface area contributed by atoms with Crippen molar-refractivity contribution < 1.29 is 5.11 Å². The summed E-state index contributed by atoms with van der Waals surface area (Å²) < 4.78 is 0. The van der Waals surface area contributed by atoms with Crippen LogP contribution in [0.1, 0.15) is 18.4 Å². The molecule has 0 bridgehead atoms. The van der Waals surface area contributed by atoms with Crippen LogP contribution in [0.15, 0.2) is 36.5 Å². The maximum Gasteiger partial charge on any atom is 0.0700 e. The Labute approximate surface area is 99.5 Å². The lowest BCUT2D eigenvalue weighted by Gasteiger charge is -2.42. The van der Waals surface area contributed by atoms with Gasteiger partial charge in [0.25, 0.3) is 0 Å². The molecule has 1 saturated carbocycles. The number of nitrogens with two attached hydrogens (primary N) is 1. The minimum Gasteiger partial charge on any atom is -0.393 e. The minimum atomic E-state index is -0.433. The summed E-state index contributed by atoms with van der Waals surface area (Å²) >= 11 is 0. The van der Waals surface area contributed by atoms with Crippen molar-refractivity contribution in [3.63, 3.8) is 0 Å². The second-order valence-electron chi connectivity index (χ2n) is 4.74.